The Labute approximate surface area is 109 Å². The lowest BCUT2D eigenvalue weighted by Gasteiger charge is -2.28. The number of rotatable bonds is 6. The zero-order valence-electron chi connectivity index (χ0n) is 11.1. The molecule has 1 amide bonds. The van der Waals surface area contributed by atoms with Gasteiger partial charge in [-0.1, -0.05) is 12.8 Å². The van der Waals surface area contributed by atoms with Crippen molar-refractivity contribution in [2.45, 2.75) is 63.5 Å². The summed E-state index contributed by atoms with van der Waals surface area (Å²) in [6.45, 7) is 1.42. The fourth-order valence-electron chi connectivity index (χ4n) is 3.13. The van der Waals surface area contributed by atoms with Crippen LogP contribution in [0.15, 0.2) is 0 Å². The van der Waals surface area contributed by atoms with Crippen LogP contribution in [0.2, 0.25) is 0 Å². The number of nitrogens with zero attached hydrogens (tertiary/aromatic N) is 1. The molecule has 1 aliphatic heterocycles. The first kappa shape index (κ1) is 13.8. The van der Waals surface area contributed by atoms with Gasteiger partial charge in [0.15, 0.2) is 0 Å². The largest absolute Gasteiger partial charge is 0.395 e. The van der Waals surface area contributed by atoms with Gasteiger partial charge in [-0.25, -0.2) is 0 Å². The number of hydrogen-bond donors (Lipinski definition) is 1. The maximum absolute atomic E-state index is 12.2. The van der Waals surface area contributed by atoms with Crippen molar-refractivity contribution in [3.63, 3.8) is 0 Å². The van der Waals surface area contributed by atoms with Gasteiger partial charge in [0.2, 0.25) is 5.91 Å². The lowest BCUT2D eigenvalue weighted by molar-refractivity contribution is -0.134. The molecular formula is C14H25NO3. The van der Waals surface area contributed by atoms with Gasteiger partial charge in [0.25, 0.3) is 0 Å². The van der Waals surface area contributed by atoms with E-state index >= 15 is 0 Å². The monoisotopic (exact) mass is 255 g/mol. The van der Waals surface area contributed by atoms with Crippen LogP contribution in [0.1, 0.15) is 51.4 Å². The van der Waals surface area contributed by atoms with Crippen LogP contribution in [0, 0.1) is 0 Å². The first-order valence-electron chi connectivity index (χ1n) is 7.33. The highest BCUT2D eigenvalue weighted by molar-refractivity contribution is 5.76. The molecule has 0 spiro atoms. The molecule has 1 heterocycles. The Morgan fingerprint density at radius 2 is 2.00 bits per heavy atom. The third-order valence-corrected chi connectivity index (χ3v) is 4.13. The van der Waals surface area contributed by atoms with Gasteiger partial charge in [0.05, 0.1) is 12.7 Å². The molecule has 18 heavy (non-hydrogen) atoms. The van der Waals surface area contributed by atoms with Crippen molar-refractivity contribution in [1.29, 1.82) is 0 Å². The molecule has 1 aliphatic carbocycles. The summed E-state index contributed by atoms with van der Waals surface area (Å²) in [6, 6.07) is 0.370. The minimum atomic E-state index is 0.0716. The summed E-state index contributed by atoms with van der Waals surface area (Å²) in [7, 11) is 0. The summed E-state index contributed by atoms with van der Waals surface area (Å²) in [5.74, 6) is 0.200. The Morgan fingerprint density at radius 1 is 1.22 bits per heavy atom. The second-order valence-corrected chi connectivity index (χ2v) is 5.42. The molecule has 0 bridgehead atoms. The lowest BCUT2D eigenvalue weighted by Crippen LogP contribution is -2.40. The molecule has 2 rings (SSSR count). The minimum absolute atomic E-state index is 0.0716. The van der Waals surface area contributed by atoms with Crippen LogP contribution in [0.4, 0.5) is 0 Å². The molecule has 1 N–H and O–H groups in total. The number of hydrogen-bond acceptors (Lipinski definition) is 3. The van der Waals surface area contributed by atoms with Gasteiger partial charge >= 0.3 is 0 Å². The Balaban J connectivity index is 1.78. The van der Waals surface area contributed by atoms with Crippen molar-refractivity contribution < 1.29 is 14.6 Å². The van der Waals surface area contributed by atoms with Gasteiger partial charge in [0.1, 0.15) is 0 Å². The maximum Gasteiger partial charge on any atom is 0.222 e. The summed E-state index contributed by atoms with van der Waals surface area (Å²) in [5, 5.41) is 9.11. The van der Waals surface area contributed by atoms with Crippen molar-refractivity contribution in [1.82, 2.24) is 4.90 Å². The van der Waals surface area contributed by atoms with Crippen LogP contribution >= 0.6 is 0 Å². The molecule has 0 radical (unpaired) electrons. The third-order valence-electron chi connectivity index (χ3n) is 4.13. The van der Waals surface area contributed by atoms with Gasteiger partial charge in [-0.05, 0) is 32.1 Å². The second-order valence-electron chi connectivity index (χ2n) is 5.42. The van der Waals surface area contributed by atoms with E-state index in [4.69, 9.17) is 9.84 Å². The summed E-state index contributed by atoms with van der Waals surface area (Å²) < 4.78 is 5.55. The third kappa shape index (κ3) is 3.69. The highest BCUT2D eigenvalue weighted by Crippen LogP contribution is 2.25. The van der Waals surface area contributed by atoms with Gasteiger partial charge in [-0.3, -0.25) is 4.79 Å². The molecule has 4 nitrogen and oxygen atoms in total. The van der Waals surface area contributed by atoms with E-state index in [1.54, 1.807) is 0 Å². The smallest absolute Gasteiger partial charge is 0.222 e. The zero-order chi connectivity index (χ0) is 12.8. The van der Waals surface area contributed by atoms with E-state index in [1.807, 2.05) is 4.90 Å². The summed E-state index contributed by atoms with van der Waals surface area (Å²) >= 11 is 0. The highest BCUT2D eigenvalue weighted by atomic mass is 16.5. The van der Waals surface area contributed by atoms with Gasteiger partial charge in [-0.2, -0.15) is 0 Å². The summed E-state index contributed by atoms with van der Waals surface area (Å²) in [6.07, 6.45) is 8.55. The van der Waals surface area contributed by atoms with Crippen molar-refractivity contribution in [2.75, 3.05) is 19.8 Å². The van der Waals surface area contributed by atoms with Crippen LogP contribution in [0.3, 0.4) is 0 Å². The second kappa shape index (κ2) is 7.10. The number of aliphatic hydroxyl groups is 1. The summed E-state index contributed by atoms with van der Waals surface area (Å²) in [5.41, 5.74) is 0. The number of ether oxygens (including phenoxy) is 1. The normalized spacial score (nSPS) is 24.6. The van der Waals surface area contributed by atoms with E-state index in [0.29, 0.717) is 19.0 Å². The Hall–Kier alpha value is -0.610. The Kier molecular flexibility index (Phi) is 5.45. The molecule has 0 aromatic heterocycles. The molecule has 0 aromatic rings. The molecule has 0 aromatic carbocycles. The van der Waals surface area contributed by atoms with E-state index in [1.165, 1.54) is 12.8 Å². The van der Waals surface area contributed by atoms with E-state index in [-0.39, 0.29) is 18.6 Å². The Bertz CT molecular complexity index is 258. The van der Waals surface area contributed by atoms with E-state index in [2.05, 4.69) is 0 Å². The molecule has 2 aliphatic rings. The molecule has 1 saturated carbocycles. The van der Waals surface area contributed by atoms with Crippen molar-refractivity contribution in [2.24, 2.45) is 0 Å². The van der Waals surface area contributed by atoms with E-state index in [9.17, 15) is 4.79 Å². The minimum Gasteiger partial charge on any atom is -0.395 e. The molecule has 4 heteroatoms. The highest BCUT2D eigenvalue weighted by Gasteiger charge is 2.26. The van der Waals surface area contributed by atoms with Crippen molar-refractivity contribution >= 4 is 5.91 Å². The fourth-order valence-corrected chi connectivity index (χ4v) is 3.13. The SMILES string of the molecule is O=C(CCC1CCCO1)N(CCO)C1CCCC1. The lowest BCUT2D eigenvalue weighted by atomic mass is 10.1. The first-order chi connectivity index (χ1) is 8.81. The van der Waals surface area contributed by atoms with Crippen molar-refractivity contribution in [3.8, 4) is 0 Å². The average molecular weight is 255 g/mol. The molecule has 1 unspecified atom stereocenters. The molecule has 2 fully saturated rings. The van der Waals surface area contributed by atoms with Crippen LogP contribution in [0.25, 0.3) is 0 Å². The topological polar surface area (TPSA) is 49.8 Å². The fraction of sp³-hybridized carbons (Fsp3) is 0.929. The molecule has 104 valence electrons. The zero-order valence-corrected chi connectivity index (χ0v) is 11.1. The first-order valence-corrected chi connectivity index (χ1v) is 7.33. The molecule has 1 saturated heterocycles. The quantitative estimate of drug-likeness (QED) is 0.786. The van der Waals surface area contributed by atoms with Crippen molar-refractivity contribution in [3.05, 3.63) is 0 Å². The van der Waals surface area contributed by atoms with Gasteiger partial charge in [0, 0.05) is 25.6 Å². The number of aliphatic hydroxyl groups excluding tert-OH is 1. The van der Waals surface area contributed by atoms with Crippen LogP contribution in [-0.4, -0.2) is 47.8 Å². The van der Waals surface area contributed by atoms with Crippen LogP contribution in [0.5, 0.6) is 0 Å². The van der Waals surface area contributed by atoms with Gasteiger partial charge in [-0.15, -0.1) is 0 Å². The molecule has 1 atom stereocenters. The predicted octanol–water partition coefficient (Wildman–Crippen LogP) is 1.71. The van der Waals surface area contributed by atoms with Gasteiger partial charge < -0.3 is 14.7 Å². The molecular weight excluding hydrogens is 230 g/mol. The number of amides is 1. The van der Waals surface area contributed by atoms with Crippen LogP contribution < -0.4 is 0 Å². The van der Waals surface area contributed by atoms with Crippen LogP contribution in [-0.2, 0) is 9.53 Å². The van der Waals surface area contributed by atoms with E-state index < -0.39 is 0 Å². The maximum atomic E-state index is 12.2. The number of carbonyl (C=O) groups excluding carboxylic acids is 1. The standard InChI is InChI=1S/C14H25NO3/c16-10-9-15(12-4-1-2-5-12)14(17)8-7-13-6-3-11-18-13/h12-13,16H,1-11H2. The Morgan fingerprint density at radius 3 is 2.61 bits per heavy atom. The number of carbonyl (C=O) groups is 1. The van der Waals surface area contributed by atoms with E-state index in [0.717, 1.165) is 38.7 Å². The predicted molar refractivity (Wildman–Crippen MR) is 69.3 cm³/mol. The average Bonchev–Trinajstić information content (AvgIpc) is 3.05. The summed E-state index contributed by atoms with van der Waals surface area (Å²) in [4.78, 5) is 14.1.